The standard InChI is InChI=1S/C12H12N2O4/c13-9(12(3-4-12)10(15)16)6-1-2-7-8(5-6)18-11(17)14-7/h1-2,5,9H,3-4,13H2,(H,14,17)(H,15,16). The molecular formula is C12H12N2O4. The number of aromatic amines is 1. The zero-order chi connectivity index (χ0) is 12.9. The highest BCUT2D eigenvalue weighted by Gasteiger charge is 2.55. The lowest BCUT2D eigenvalue weighted by Gasteiger charge is -2.19. The van der Waals surface area contributed by atoms with E-state index in [1.165, 1.54) is 0 Å². The number of oxazole rings is 1. The van der Waals surface area contributed by atoms with Crippen molar-refractivity contribution >= 4 is 17.1 Å². The largest absolute Gasteiger partial charge is 0.481 e. The van der Waals surface area contributed by atoms with Gasteiger partial charge < -0.3 is 15.3 Å². The molecule has 1 heterocycles. The number of aromatic nitrogens is 1. The molecule has 1 atom stereocenters. The molecule has 1 saturated carbocycles. The second-order valence-corrected chi connectivity index (χ2v) is 4.71. The van der Waals surface area contributed by atoms with E-state index < -0.39 is 23.2 Å². The van der Waals surface area contributed by atoms with Crippen LogP contribution in [0.15, 0.2) is 27.4 Å². The van der Waals surface area contributed by atoms with Crippen LogP contribution >= 0.6 is 0 Å². The molecule has 1 aliphatic rings. The van der Waals surface area contributed by atoms with Gasteiger partial charge in [0.25, 0.3) is 0 Å². The van der Waals surface area contributed by atoms with E-state index in [1.807, 2.05) is 0 Å². The van der Waals surface area contributed by atoms with Gasteiger partial charge in [-0.2, -0.15) is 0 Å². The highest BCUT2D eigenvalue weighted by atomic mass is 16.4. The molecule has 6 nitrogen and oxygen atoms in total. The first-order valence-electron chi connectivity index (χ1n) is 5.65. The van der Waals surface area contributed by atoms with Gasteiger partial charge in [0.15, 0.2) is 5.58 Å². The summed E-state index contributed by atoms with van der Waals surface area (Å²) in [5.41, 5.74) is 6.81. The monoisotopic (exact) mass is 248 g/mol. The van der Waals surface area contributed by atoms with Crippen molar-refractivity contribution in [1.82, 2.24) is 4.98 Å². The van der Waals surface area contributed by atoms with Gasteiger partial charge in [-0.05, 0) is 30.5 Å². The summed E-state index contributed by atoms with van der Waals surface area (Å²) in [6, 6.07) is 4.44. The predicted molar refractivity (Wildman–Crippen MR) is 63.1 cm³/mol. The first-order chi connectivity index (χ1) is 8.53. The zero-order valence-electron chi connectivity index (χ0n) is 9.47. The van der Waals surface area contributed by atoms with E-state index in [-0.39, 0.29) is 0 Å². The second-order valence-electron chi connectivity index (χ2n) is 4.71. The number of nitrogens with two attached hydrogens (primary N) is 1. The lowest BCUT2D eigenvalue weighted by molar-refractivity contribution is -0.144. The Bertz CT molecular complexity index is 681. The average molecular weight is 248 g/mol. The van der Waals surface area contributed by atoms with Crippen molar-refractivity contribution in [3.05, 3.63) is 34.3 Å². The molecular weight excluding hydrogens is 236 g/mol. The number of hydrogen-bond donors (Lipinski definition) is 3. The zero-order valence-corrected chi connectivity index (χ0v) is 9.47. The second kappa shape index (κ2) is 3.46. The van der Waals surface area contributed by atoms with E-state index in [2.05, 4.69) is 4.98 Å². The van der Waals surface area contributed by atoms with E-state index in [4.69, 9.17) is 10.2 Å². The smallest absolute Gasteiger partial charge is 0.417 e. The van der Waals surface area contributed by atoms with Gasteiger partial charge in [0.05, 0.1) is 10.9 Å². The number of hydrogen-bond acceptors (Lipinski definition) is 4. The number of carboxylic acids is 1. The molecule has 1 aliphatic carbocycles. The van der Waals surface area contributed by atoms with E-state index in [0.29, 0.717) is 29.5 Å². The minimum atomic E-state index is -0.870. The summed E-state index contributed by atoms with van der Waals surface area (Å²) >= 11 is 0. The Labute approximate surface area is 101 Å². The van der Waals surface area contributed by atoms with Crippen molar-refractivity contribution in [3.63, 3.8) is 0 Å². The van der Waals surface area contributed by atoms with Gasteiger partial charge in [0.1, 0.15) is 0 Å². The van der Waals surface area contributed by atoms with E-state index >= 15 is 0 Å². The fourth-order valence-corrected chi connectivity index (χ4v) is 2.27. The summed E-state index contributed by atoms with van der Waals surface area (Å²) in [4.78, 5) is 24.8. The fraction of sp³-hybridized carbons (Fsp3) is 0.333. The van der Waals surface area contributed by atoms with Crippen LogP contribution in [-0.4, -0.2) is 16.1 Å². The predicted octanol–water partition coefficient (Wildman–Crippen LogP) is 0.986. The summed E-state index contributed by atoms with van der Waals surface area (Å²) in [7, 11) is 0. The van der Waals surface area contributed by atoms with Gasteiger partial charge in [-0.25, -0.2) is 4.79 Å². The van der Waals surface area contributed by atoms with Crippen molar-refractivity contribution in [2.75, 3.05) is 0 Å². The van der Waals surface area contributed by atoms with Crippen LogP contribution in [0.4, 0.5) is 0 Å². The number of aliphatic carboxylic acids is 1. The molecule has 2 aromatic rings. The molecule has 18 heavy (non-hydrogen) atoms. The Kier molecular flexibility index (Phi) is 2.12. The lowest BCUT2D eigenvalue weighted by Crippen LogP contribution is -2.29. The third kappa shape index (κ3) is 1.46. The van der Waals surface area contributed by atoms with Crippen LogP contribution in [0.1, 0.15) is 24.4 Å². The molecule has 0 saturated heterocycles. The Balaban J connectivity index is 2.04. The van der Waals surface area contributed by atoms with Crippen molar-refractivity contribution in [2.45, 2.75) is 18.9 Å². The molecule has 6 heteroatoms. The molecule has 3 rings (SSSR count). The van der Waals surface area contributed by atoms with Crippen LogP contribution in [-0.2, 0) is 4.79 Å². The van der Waals surface area contributed by atoms with Gasteiger partial charge in [-0.15, -0.1) is 0 Å². The number of benzene rings is 1. The quantitative estimate of drug-likeness (QED) is 0.750. The Hall–Kier alpha value is -2.08. The van der Waals surface area contributed by atoms with Crippen molar-refractivity contribution < 1.29 is 14.3 Å². The molecule has 0 amide bonds. The maximum atomic E-state index is 11.2. The maximum Gasteiger partial charge on any atom is 0.417 e. The van der Waals surface area contributed by atoms with Gasteiger partial charge in [0, 0.05) is 6.04 Å². The topological polar surface area (TPSA) is 109 Å². The summed E-state index contributed by atoms with van der Waals surface area (Å²) in [6.45, 7) is 0. The van der Waals surface area contributed by atoms with Gasteiger partial charge >= 0.3 is 11.7 Å². The number of fused-ring (bicyclic) bond motifs is 1. The summed E-state index contributed by atoms with van der Waals surface area (Å²) in [6.07, 6.45) is 1.16. The Morgan fingerprint density at radius 2 is 2.22 bits per heavy atom. The van der Waals surface area contributed by atoms with E-state index in [1.54, 1.807) is 18.2 Å². The minimum absolute atomic E-state index is 0.397. The highest BCUT2D eigenvalue weighted by Crippen LogP contribution is 2.54. The van der Waals surface area contributed by atoms with Crippen LogP contribution in [0.25, 0.3) is 11.1 Å². The first-order valence-corrected chi connectivity index (χ1v) is 5.65. The third-order valence-corrected chi connectivity index (χ3v) is 3.61. The summed E-state index contributed by atoms with van der Waals surface area (Å²) in [5.74, 6) is -1.40. The number of nitrogens with one attached hydrogen (secondary N) is 1. The molecule has 0 aliphatic heterocycles. The van der Waals surface area contributed by atoms with Gasteiger partial charge in [-0.3, -0.25) is 9.78 Å². The fourth-order valence-electron chi connectivity index (χ4n) is 2.27. The SMILES string of the molecule is NC(c1ccc2[nH]c(=O)oc2c1)C1(C(=O)O)CC1. The van der Waals surface area contributed by atoms with Crippen LogP contribution in [0.5, 0.6) is 0 Å². The van der Waals surface area contributed by atoms with E-state index in [9.17, 15) is 14.7 Å². The first kappa shape index (κ1) is 11.0. The Morgan fingerprint density at radius 3 is 2.83 bits per heavy atom. The molecule has 4 N–H and O–H groups in total. The average Bonchev–Trinajstić information content (AvgIpc) is 3.05. The Morgan fingerprint density at radius 1 is 1.50 bits per heavy atom. The molecule has 1 fully saturated rings. The van der Waals surface area contributed by atoms with Gasteiger partial charge in [0.2, 0.25) is 0 Å². The molecule has 1 unspecified atom stereocenters. The van der Waals surface area contributed by atoms with Crippen molar-refractivity contribution in [2.24, 2.45) is 11.1 Å². The van der Waals surface area contributed by atoms with Gasteiger partial charge in [-0.1, -0.05) is 6.07 Å². The number of rotatable bonds is 3. The van der Waals surface area contributed by atoms with E-state index in [0.717, 1.165) is 0 Å². The molecule has 0 spiro atoms. The normalized spacial score (nSPS) is 18.7. The molecule has 0 radical (unpaired) electrons. The summed E-state index contributed by atoms with van der Waals surface area (Å²) in [5, 5.41) is 9.19. The summed E-state index contributed by atoms with van der Waals surface area (Å²) < 4.78 is 4.94. The molecule has 1 aromatic heterocycles. The minimum Gasteiger partial charge on any atom is -0.481 e. The maximum absolute atomic E-state index is 11.2. The van der Waals surface area contributed by atoms with Crippen molar-refractivity contribution in [1.29, 1.82) is 0 Å². The number of carboxylic acid groups (broad SMARTS) is 1. The highest BCUT2D eigenvalue weighted by molar-refractivity contribution is 5.80. The number of H-pyrrole nitrogens is 1. The molecule has 1 aromatic carbocycles. The van der Waals surface area contributed by atoms with Crippen LogP contribution in [0.3, 0.4) is 0 Å². The number of carbonyl (C=O) groups is 1. The molecule has 0 bridgehead atoms. The van der Waals surface area contributed by atoms with Crippen LogP contribution < -0.4 is 11.5 Å². The lowest BCUT2D eigenvalue weighted by atomic mass is 9.91. The molecule has 94 valence electrons. The van der Waals surface area contributed by atoms with Crippen molar-refractivity contribution in [3.8, 4) is 0 Å². The third-order valence-electron chi connectivity index (χ3n) is 3.61. The van der Waals surface area contributed by atoms with Crippen LogP contribution in [0, 0.1) is 5.41 Å². The van der Waals surface area contributed by atoms with Crippen LogP contribution in [0.2, 0.25) is 0 Å².